The molecule has 2 heteroatoms. The molecule has 0 spiro atoms. The molecule has 0 aliphatic rings. The van der Waals surface area contributed by atoms with Crippen molar-refractivity contribution < 1.29 is 4.79 Å². The number of aromatic nitrogens is 1. The van der Waals surface area contributed by atoms with E-state index in [9.17, 15) is 4.79 Å². The van der Waals surface area contributed by atoms with E-state index >= 15 is 0 Å². The van der Waals surface area contributed by atoms with Gasteiger partial charge in [-0.1, -0.05) is 45.0 Å². The van der Waals surface area contributed by atoms with Gasteiger partial charge < -0.3 is 4.57 Å². The highest BCUT2D eigenvalue weighted by atomic mass is 16.1. The third-order valence-electron chi connectivity index (χ3n) is 5.06. The zero-order valence-corrected chi connectivity index (χ0v) is 15.2. The van der Waals surface area contributed by atoms with Crippen LogP contribution < -0.4 is 0 Å². The average Bonchev–Trinajstić information content (AvgIpc) is 2.91. The van der Waals surface area contributed by atoms with E-state index in [1.807, 2.05) is 6.92 Å². The number of nitrogens with zero attached hydrogens (tertiary/aromatic N) is 1. The Morgan fingerprint density at radius 2 is 1.71 bits per heavy atom. The minimum atomic E-state index is -0.0307. The van der Waals surface area contributed by atoms with E-state index in [1.165, 1.54) is 21.8 Å². The second kappa shape index (κ2) is 6.80. The number of benzene rings is 2. The fourth-order valence-electron chi connectivity index (χ4n) is 3.51. The number of Topliss-reactive ketones (excluding diaryl/α,β-unsaturated/α-hetero) is 1. The molecule has 2 nitrogen and oxygen atoms in total. The van der Waals surface area contributed by atoms with Gasteiger partial charge in [-0.25, -0.2) is 0 Å². The molecule has 1 heterocycles. The first-order chi connectivity index (χ1) is 11.5. The molecule has 0 saturated carbocycles. The van der Waals surface area contributed by atoms with Gasteiger partial charge in [0, 0.05) is 40.7 Å². The molecule has 1 atom stereocenters. The Morgan fingerprint density at radius 1 is 1.00 bits per heavy atom. The molecule has 2 aromatic carbocycles. The first kappa shape index (κ1) is 16.8. The quantitative estimate of drug-likeness (QED) is 0.552. The molecule has 0 unspecified atom stereocenters. The first-order valence-corrected chi connectivity index (χ1v) is 9.06. The van der Waals surface area contributed by atoms with Crippen molar-refractivity contribution in [3.63, 3.8) is 0 Å². The molecule has 126 valence electrons. The summed E-state index contributed by atoms with van der Waals surface area (Å²) in [5.41, 5.74) is 3.66. The van der Waals surface area contributed by atoms with Crippen LogP contribution in [0.2, 0.25) is 0 Å². The Kier molecular flexibility index (Phi) is 4.75. The van der Waals surface area contributed by atoms with Crippen LogP contribution in [0.4, 0.5) is 0 Å². The molecule has 0 saturated heterocycles. The highest BCUT2D eigenvalue weighted by molar-refractivity contribution is 6.08. The zero-order valence-electron chi connectivity index (χ0n) is 15.2. The minimum Gasteiger partial charge on any atom is -0.341 e. The number of aryl methyl sites for hydroxylation is 1. The van der Waals surface area contributed by atoms with Gasteiger partial charge in [0.2, 0.25) is 0 Å². The van der Waals surface area contributed by atoms with Gasteiger partial charge in [-0.3, -0.25) is 4.79 Å². The van der Waals surface area contributed by atoms with Crippen molar-refractivity contribution in [1.29, 1.82) is 0 Å². The van der Waals surface area contributed by atoms with Crippen LogP contribution in [0, 0.1) is 5.92 Å². The van der Waals surface area contributed by atoms with Crippen LogP contribution in [0.1, 0.15) is 52.0 Å². The normalized spacial score (nSPS) is 13.0. The van der Waals surface area contributed by atoms with Gasteiger partial charge in [0.15, 0.2) is 0 Å². The Labute approximate surface area is 144 Å². The topological polar surface area (TPSA) is 22.0 Å². The van der Waals surface area contributed by atoms with Gasteiger partial charge in [-0.05, 0) is 43.0 Å². The number of carbonyl (C=O) groups is 1. The molecule has 1 aromatic heterocycles. The summed E-state index contributed by atoms with van der Waals surface area (Å²) in [6.45, 7) is 9.51. The SMILES string of the molecule is CCn1c2ccccc2c2cc([C@H](C)C(=O)CCC(C)C)ccc21. The number of para-hydroxylation sites is 1. The Bertz CT molecular complexity index is 872. The fraction of sp³-hybridized carbons (Fsp3) is 0.409. The number of hydrogen-bond donors (Lipinski definition) is 0. The molecule has 3 rings (SSSR count). The Balaban J connectivity index is 2.02. The minimum absolute atomic E-state index is 0.0307. The van der Waals surface area contributed by atoms with Gasteiger partial charge in [0.05, 0.1) is 0 Å². The Hall–Kier alpha value is -2.09. The largest absolute Gasteiger partial charge is 0.341 e. The lowest BCUT2D eigenvalue weighted by Crippen LogP contribution is -2.10. The summed E-state index contributed by atoms with van der Waals surface area (Å²) in [5.74, 6) is 0.894. The summed E-state index contributed by atoms with van der Waals surface area (Å²) in [7, 11) is 0. The van der Waals surface area contributed by atoms with E-state index in [-0.39, 0.29) is 5.92 Å². The summed E-state index contributed by atoms with van der Waals surface area (Å²) in [6.07, 6.45) is 1.65. The first-order valence-electron chi connectivity index (χ1n) is 9.06. The maximum atomic E-state index is 12.5. The number of carbonyl (C=O) groups excluding carboxylic acids is 1. The molecular weight excluding hydrogens is 294 g/mol. The van der Waals surface area contributed by atoms with Crippen LogP contribution in [0.5, 0.6) is 0 Å². The summed E-state index contributed by atoms with van der Waals surface area (Å²) < 4.78 is 2.35. The molecule has 0 aliphatic carbocycles. The summed E-state index contributed by atoms with van der Waals surface area (Å²) >= 11 is 0. The standard InChI is InChI=1S/C22H27NO/c1-5-23-20-9-7-6-8-18(20)19-14-17(11-12-21(19)23)16(4)22(24)13-10-15(2)3/h6-9,11-12,14-16H,5,10,13H2,1-4H3/t16-/m0/s1. The summed E-state index contributed by atoms with van der Waals surface area (Å²) in [5, 5.41) is 2.53. The van der Waals surface area contributed by atoms with Crippen molar-refractivity contribution in [2.45, 2.75) is 53.0 Å². The second-order valence-corrected chi connectivity index (χ2v) is 7.16. The lowest BCUT2D eigenvalue weighted by Gasteiger charge is -2.12. The van der Waals surface area contributed by atoms with Gasteiger partial charge >= 0.3 is 0 Å². The predicted octanol–water partition coefficient (Wildman–Crippen LogP) is 5.92. The summed E-state index contributed by atoms with van der Waals surface area (Å²) in [4.78, 5) is 12.5. The summed E-state index contributed by atoms with van der Waals surface area (Å²) in [6, 6.07) is 15.1. The van der Waals surface area contributed by atoms with Gasteiger partial charge in [0.25, 0.3) is 0 Å². The molecule has 0 aliphatic heterocycles. The molecule has 3 aromatic rings. The molecule has 24 heavy (non-hydrogen) atoms. The molecular formula is C22H27NO. The van der Waals surface area contributed by atoms with Gasteiger partial charge in [-0.15, -0.1) is 0 Å². The van der Waals surface area contributed by atoms with Crippen molar-refractivity contribution in [1.82, 2.24) is 4.57 Å². The number of fused-ring (bicyclic) bond motifs is 3. The smallest absolute Gasteiger partial charge is 0.140 e. The highest BCUT2D eigenvalue weighted by Crippen LogP contribution is 2.32. The van der Waals surface area contributed by atoms with E-state index in [0.29, 0.717) is 18.1 Å². The maximum Gasteiger partial charge on any atom is 0.140 e. The van der Waals surface area contributed by atoms with Crippen LogP contribution in [0.3, 0.4) is 0 Å². The van der Waals surface area contributed by atoms with Crippen LogP contribution in [-0.4, -0.2) is 10.4 Å². The molecule has 0 bridgehead atoms. The fourth-order valence-corrected chi connectivity index (χ4v) is 3.51. The number of rotatable bonds is 6. The van der Waals surface area contributed by atoms with E-state index < -0.39 is 0 Å². The van der Waals surface area contributed by atoms with E-state index in [0.717, 1.165) is 18.5 Å². The van der Waals surface area contributed by atoms with E-state index in [1.54, 1.807) is 0 Å². The molecule has 0 N–H and O–H groups in total. The average molecular weight is 321 g/mol. The van der Waals surface area contributed by atoms with E-state index in [2.05, 4.69) is 67.8 Å². The lowest BCUT2D eigenvalue weighted by atomic mass is 9.91. The highest BCUT2D eigenvalue weighted by Gasteiger charge is 2.17. The van der Waals surface area contributed by atoms with Crippen molar-refractivity contribution in [2.75, 3.05) is 0 Å². The van der Waals surface area contributed by atoms with Crippen LogP contribution in [-0.2, 0) is 11.3 Å². The lowest BCUT2D eigenvalue weighted by molar-refractivity contribution is -0.120. The predicted molar refractivity (Wildman–Crippen MR) is 103 cm³/mol. The Morgan fingerprint density at radius 3 is 2.42 bits per heavy atom. The molecule has 0 amide bonds. The molecule has 0 radical (unpaired) electrons. The van der Waals surface area contributed by atoms with Crippen molar-refractivity contribution in [2.24, 2.45) is 5.92 Å². The number of ketones is 1. The van der Waals surface area contributed by atoms with Crippen molar-refractivity contribution >= 4 is 27.6 Å². The van der Waals surface area contributed by atoms with Gasteiger partial charge in [0.1, 0.15) is 5.78 Å². The van der Waals surface area contributed by atoms with Crippen LogP contribution >= 0.6 is 0 Å². The molecule has 0 fully saturated rings. The second-order valence-electron chi connectivity index (χ2n) is 7.16. The van der Waals surface area contributed by atoms with Crippen molar-refractivity contribution in [3.8, 4) is 0 Å². The third kappa shape index (κ3) is 2.98. The monoisotopic (exact) mass is 321 g/mol. The number of hydrogen-bond acceptors (Lipinski definition) is 1. The zero-order chi connectivity index (χ0) is 17.3. The maximum absolute atomic E-state index is 12.5. The van der Waals surface area contributed by atoms with Crippen molar-refractivity contribution in [3.05, 3.63) is 48.0 Å². The third-order valence-corrected chi connectivity index (χ3v) is 5.06. The van der Waals surface area contributed by atoms with Crippen LogP contribution in [0.25, 0.3) is 21.8 Å². The van der Waals surface area contributed by atoms with E-state index in [4.69, 9.17) is 0 Å². The van der Waals surface area contributed by atoms with Gasteiger partial charge in [-0.2, -0.15) is 0 Å². The van der Waals surface area contributed by atoms with Crippen LogP contribution in [0.15, 0.2) is 42.5 Å².